The molecular weight excluding hydrogens is 136 g/mol. The van der Waals surface area contributed by atoms with Crippen molar-refractivity contribution in [2.24, 2.45) is 11.3 Å². The maximum Gasteiger partial charge on any atom is 0.0583 e. The molecule has 2 saturated carbocycles. The summed E-state index contributed by atoms with van der Waals surface area (Å²) in [6.07, 6.45) is 10.9. The van der Waals surface area contributed by atoms with Crippen molar-refractivity contribution in [3.63, 3.8) is 0 Å². The highest BCUT2D eigenvalue weighted by molar-refractivity contribution is 5.16. The summed E-state index contributed by atoms with van der Waals surface area (Å²) in [6.45, 7) is 0. The zero-order valence-electron chi connectivity index (χ0n) is 6.71. The van der Waals surface area contributed by atoms with E-state index < -0.39 is 0 Å². The van der Waals surface area contributed by atoms with Gasteiger partial charge in [0, 0.05) is 11.3 Å². The predicted octanol–water partition coefficient (Wildman–Crippen LogP) is 1.56. The lowest BCUT2D eigenvalue weighted by Crippen LogP contribution is -2.23. The zero-order valence-corrected chi connectivity index (χ0v) is 6.71. The van der Waals surface area contributed by atoms with Crippen LogP contribution in [0.4, 0.5) is 0 Å². The van der Waals surface area contributed by atoms with Crippen LogP contribution >= 0.6 is 0 Å². The summed E-state index contributed by atoms with van der Waals surface area (Å²) < 4.78 is 0. The molecule has 2 aliphatic carbocycles. The normalized spacial score (nSPS) is 48.7. The summed E-state index contributed by atoms with van der Waals surface area (Å²) in [5, 5.41) is 9.60. The maximum absolute atomic E-state index is 9.60. The SMILES string of the molecule is C#CC12CCCC1C(O)CC2. The van der Waals surface area contributed by atoms with Crippen LogP contribution in [0.5, 0.6) is 0 Å². The second-order valence-corrected chi connectivity index (χ2v) is 3.91. The van der Waals surface area contributed by atoms with E-state index in [-0.39, 0.29) is 11.5 Å². The first-order chi connectivity index (χ1) is 5.28. The Kier molecular flexibility index (Phi) is 1.47. The monoisotopic (exact) mass is 150 g/mol. The maximum atomic E-state index is 9.60. The average Bonchev–Trinajstić information content (AvgIpc) is 2.53. The molecule has 0 saturated heterocycles. The standard InChI is InChI=1S/C10H14O/c1-2-10-6-3-4-8(10)9(11)5-7-10/h1,8-9,11H,3-7H2. The highest BCUT2D eigenvalue weighted by atomic mass is 16.3. The molecule has 3 atom stereocenters. The molecule has 0 aromatic heterocycles. The quantitative estimate of drug-likeness (QED) is 0.519. The average molecular weight is 150 g/mol. The Morgan fingerprint density at radius 2 is 2.18 bits per heavy atom. The third-order valence-corrected chi connectivity index (χ3v) is 3.49. The fourth-order valence-electron chi connectivity index (χ4n) is 2.83. The smallest absolute Gasteiger partial charge is 0.0583 e. The minimum Gasteiger partial charge on any atom is -0.393 e. The van der Waals surface area contributed by atoms with Gasteiger partial charge in [-0.25, -0.2) is 0 Å². The van der Waals surface area contributed by atoms with Crippen molar-refractivity contribution in [1.29, 1.82) is 0 Å². The molecule has 3 unspecified atom stereocenters. The van der Waals surface area contributed by atoms with E-state index in [0.717, 1.165) is 25.7 Å². The van der Waals surface area contributed by atoms with Gasteiger partial charge in [0.25, 0.3) is 0 Å². The van der Waals surface area contributed by atoms with Gasteiger partial charge >= 0.3 is 0 Å². The van der Waals surface area contributed by atoms with Crippen LogP contribution in [0.15, 0.2) is 0 Å². The Balaban J connectivity index is 2.27. The highest BCUT2D eigenvalue weighted by Crippen LogP contribution is 2.53. The van der Waals surface area contributed by atoms with E-state index in [1.807, 2.05) is 0 Å². The second-order valence-electron chi connectivity index (χ2n) is 3.91. The van der Waals surface area contributed by atoms with Crippen LogP contribution in [-0.2, 0) is 0 Å². The van der Waals surface area contributed by atoms with Crippen LogP contribution < -0.4 is 0 Å². The van der Waals surface area contributed by atoms with Gasteiger partial charge in [-0.2, -0.15) is 0 Å². The molecule has 2 fully saturated rings. The Hall–Kier alpha value is -0.480. The molecule has 0 bridgehead atoms. The Morgan fingerprint density at radius 3 is 2.82 bits per heavy atom. The van der Waals surface area contributed by atoms with Gasteiger partial charge in [0.15, 0.2) is 0 Å². The van der Waals surface area contributed by atoms with Crippen molar-refractivity contribution in [1.82, 2.24) is 0 Å². The molecule has 1 nitrogen and oxygen atoms in total. The van der Waals surface area contributed by atoms with E-state index >= 15 is 0 Å². The van der Waals surface area contributed by atoms with Gasteiger partial charge in [-0.05, 0) is 25.7 Å². The Morgan fingerprint density at radius 1 is 1.36 bits per heavy atom. The minimum absolute atomic E-state index is 0.0966. The van der Waals surface area contributed by atoms with Crippen LogP contribution in [0.25, 0.3) is 0 Å². The molecule has 1 N–H and O–H groups in total. The minimum atomic E-state index is -0.103. The van der Waals surface area contributed by atoms with Gasteiger partial charge < -0.3 is 5.11 Å². The number of terminal acetylenes is 1. The number of fused-ring (bicyclic) bond motifs is 1. The van der Waals surface area contributed by atoms with Crippen LogP contribution in [0, 0.1) is 23.7 Å². The van der Waals surface area contributed by atoms with E-state index in [0.29, 0.717) is 5.92 Å². The second kappa shape index (κ2) is 2.25. The van der Waals surface area contributed by atoms with Crippen molar-refractivity contribution in [2.75, 3.05) is 0 Å². The van der Waals surface area contributed by atoms with Crippen LogP contribution in [0.1, 0.15) is 32.1 Å². The lowest BCUT2D eigenvalue weighted by molar-refractivity contribution is 0.115. The summed E-state index contributed by atoms with van der Waals surface area (Å²) in [5.74, 6) is 3.33. The van der Waals surface area contributed by atoms with Crippen molar-refractivity contribution < 1.29 is 5.11 Å². The first-order valence-corrected chi connectivity index (χ1v) is 4.44. The molecule has 11 heavy (non-hydrogen) atoms. The van der Waals surface area contributed by atoms with Crippen molar-refractivity contribution in [2.45, 2.75) is 38.2 Å². The molecule has 0 radical (unpaired) electrons. The van der Waals surface area contributed by atoms with Gasteiger partial charge in [-0.3, -0.25) is 0 Å². The van der Waals surface area contributed by atoms with Gasteiger partial charge in [-0.1, -0.05) is 12.3 Å². The third-order valence-electron chi connectivity index (χ3n) is 3.49. The van der Waals surface area contributed by atoms with Crippen LogP contribution in [0.3, 0.4) is 0 Å². The number of aliphatic hydroxyl groups excluding tert-OH is 1. The van der Waals surface area contributed by atoms with E-state index in [4.69, 9.17) is 6.42 Å². The lowest BCUT2D eigenvalue weighted by Gasteiger charge is -2.23. The third kappa shape index (κ3) is 0.827. The predicted molar refractivity (Wildman–Crippen MR) is 43.8 cm³/mol. The van der Waals surface area contributed by atoms with E-state index in [2.05, 4.69) is 5.92 Å². The molecule has 1 heteroatoms. The van der Waals surface area contributed by atoms with E-state index in [1.165, 1.54) is 6.42 Å². The molecule has 0 aromatic rings. The molecular formula is C10H14O. The number of hydrogen-bond acceptors (Lipinski definition) is 1. The van der Waals surface area contributed by atoms with Crippen LogP contribution in [0.2, 0.25) is 0 Å². The molecule has 0 aliphatic heterocycles. The topological polar surface area (TPSA) is 20.2 Å². The van der Waals surface area contributed by atoms with E-state index in [1.54, 1.807) is 0 Å². The summed E-state index contributed by atoms with van der Waals surface area (Å²) in [7, 11) is 0. The summed E-state index contributed by atoms with van der Waals surface area (Å²) in [6, 6.07) is 0. The fraction of sp³-hybridized carbons (Fsp3) is 0.800. The summed E-state index contributed by atoms with van der Waals surface area (Å²) in [4.78, 5) is 0. The molecule has 0 aromatic carbocycles. The molecule has 0 amide bonds. The molecule has 60 valence electrons. The lowest BCUT2D eigenvalue weighted by atomic mass is 9.81. The van der Waals surface area contributed by atoms with Crippen LogP contribution in [-0.4, -0.2) is 11.2 Å². The van der Waals surface area contributed by atoms with Gasteiger partial charge in [0.1, 0.15) is 0 Å². The van der Waals surface area contributed by atoms with Gasteiger partial charge in [0.2, 0.25) is 0 Å². The number of aliphatic hydroxyl groups is 1. The summed E-state index contributed by atoms with van der Waals surface area (Å²) in [5.41, 5.74) is 0.0966. The molecule has 2 rings (SSSR count). The zero-order chi connectivity index (χ0) is 7.90. The highest BCUT2D eigenvalue weighted by Gasteiger charge is 2.49. The first kappa shape index (κ1) is 7.18. The molecule has 0 heterocycles. The number of rotatable bonds is 0. The Bertz CT molecular complexity index is 203. The Labute approximate surface area is 67.8 Å². The summed E-state index contributed by atoms with van der Waals surface area (Å²) >= 11 is 0. The fourth-order valence-corrected chi connectivity index (χ4v) is 2.83. The van der Waals surface area contributed by atoms with Crippen molar-refractivity contribution >= 4 is 0 Å². The van der Waals surface area contributed by atoms with Crippen molar-refractivity contribution in [3.8, 4) is 12.3 Å². The molecule has 2 aliphatic rings. The largest absolute Gasteiger partial charge is 0.393 e. The number of hydrogen-bond donors (Lipinski definition) is 1. The van der Waals surface area contributed by atoms with Gasteiger partial charge in [0.05, 0.1) is 6.10 Å². The molecule has 0 spiro atoms. The van der Waals surface area contributed by atoms with Gasteiger partial charge in [-0.15, -0.1) is 6.42 Å². The first-order valence-electron chi connectivity index (χ1n) is 4.44. The van der Waals surface area contributed by atoms with E-state index in [9.17, 15) is 5.11 Å². The van der Waals surface area contributed by atoms with Crippen molar-refractivity contribution in [3.05, 3.63) is 0 Å².